The number of halogens is 3. The van der Waals surface area contributed by atoms with E-state index in [0.717, 1.165) is 19.0 Å². The van der Waals surface area contributed by atoms with Crippen LogP contribution in [0.25, 0.3) is 11.0 Å². The number of methoxy groups -OCH3 is 1. The summed E-state index contributed by atoms with van der Waals surface area (Å²) in [5.41, 5.74) is 4.62. The molecule has 0 radical (unpaired) electrons. The summed E-state index contributed by atoms with van der Waals surface area (Å²) in [5.74, 6) is 0.489. The monoisotopic (exact) mass is 622 g/mol. The van der Waals surface area contributed by atoms with Crippen LogP contribution < -0.4 is 14.9 Å². The minimum Gasteiger partial charge on any atom is -0.493 e. The summed E-state index contributed by atoms with van der Waals surface area (Å²) in [6.45, 7) is 0.268. The summed E-state index contributed by atoms with van der Waals surface area (Å²) in [4.78, 5) is 12.4. The molecule has 6 nitrogen and oxygen atoms in total. The zero-order valence-electron chi connectivity index (χ0n) is 17.3. The van der Waals surface area contributed by atoms with E-state index in [-0.39, 0.29) is 18.2 Å². The van der Waals surface area contributed by atoms with E-state index in [1.165, 1.54) is 18.3 Å². The van der Waals surface area contributed by atoms with E-state index in [0.29, 0.717) is 22.6 Å². The van der Waals surface area contributed by atoms with Crippen molar-refractivity contribution in [1.29, 1.82) is 0 Å². The number of hydrazone groups is 1. The molecule has 1 N–H and O–H groups in total. The molecule has 4 aromatic rings. The Balaban J connectivity index is 1.44. The molecule has 3 aromatic carbocycles. The number of fused-ring (bicyclic) bond motifs is 1. The van der Waals surface area contributed by atoms with E-state index >= 15 is 0 Å². The van der Waals surface area contributed by atoms with Gasteiger partial charge in [0, 0.05) is 9.86 Å². The van der Waals surface area contributed by atoms with Crippen LogP contribution in [0.1, 0.15) is 21.7 Å². The van der Waals surface area contributed by atoms with Crippen molar-refractivity contribution in [1.82, 2.24) is 5.43 Å². The van der Waals surface area contributed by atoms with Gasteiger partial charge in [-0.1, -0.05) is 28.1 Å². The van der Waals surface area contributed by atoms with Gasteiger partial charge in [0.1, 0.15) is 18.0 Å². The first-order valence-electron chi connectivity index (χ1n) is 9.70. The Kier molecular flexibility index (Phi) is 7.29. The number of nitrogens with one attached hydrogen (secondary N) is 1. The summed E-state index contributed by atoms with van der Waals surface area (Å²) in [7, 11) is 1.54. The van der Waals surface area contributed by atoms with E-state index in [4.69, 9.17) is 13.9 Å². The molecule has 0 unspecified atom stereocenters. The van der Waals surface area contributed by atoms with Gasteiger partial charge in [0.2, 0.25) is 0 Å². The third kappa shape index (κ3) is 5.72. The predicted octanol–water partition coefficient (Wildman–Crippen LogP) is 6.29. The molecule has 0 spiro atoms. The molecule has 1 heterocycles. The zero-order valence-corrected chi connectivity index (χ0v) is 21.0. The lowest BCUT2D eigenvalue weighted by molar-refractivity contribution is 0.0929. The topological polar surface area (TPSA) is 73.1 Å². The highest BCUT2D eigenvalue weighted by atomic mass is 127. The van der Waals surface area contributed by atoms with Crippen LogP contribution in [-0.4, -0.2) is 19.2 Å². The van der Waals surface area contributed by atoms with Gasteiger partial charge in [0.15, 0.2) is 17.3 Å². The number of ether oxygens (including phenoxy) is 2. The zero-order chi connectivity index (χ0) is 23.4. The number of hydrogen-bond donors (Lipinski definition) is 1. The minimum absolute atomic E-state index is 0.164. The van der Waals surface area contributed by atoms with Gasteiger partial charge in [0.05, 0.1) is 16.9 Å². The lowest BCUT2D eigenvalue weighted by Gasteiger charge is -2.13. The van der Waals surface area contributed by atoms with Crippen LogP contribution in [0, 0.1) is 9.39 Å². The first-order valence-corrected chi connectivity index (χ1v) is 11.6. The fourth-order valence-corrected chi connectivity index (χ4v) is 4.20. The van der Waals surface area contributed by atoms with Crippen LogP contribution in [0.15, 0.2) is 74.7 Å². The number of rotatable bonds is 7. The number of furan rings is 1. The summed E-state index contributed by atoms with van der Waals surface area (Å²) in [6.07, 6.45) is 1.51. The molecule has 0 aliphatic rings. The van der Waals surface area contributed by atoms with Crippen molar-refractivity contribution in [2.24, 2.45) is 5.10 Å². The Morgan fingerprint density at radius 3 is 2.73 bits per heavy atom. The van der Waals surface area contributed by atoms with Crippen molar-refractivity contribution in [2.45, 2.75) is 6.61 Å². The highest BCUT2D eigenvalue weighted by Crippen LogP contribution is 2.34. The Bertz CT molecular complexity index is 1340. The molecule has 1 amide bonds. The van der Waals surface area contributed by atoms with Crippen molar-refractivity contribution in [3.05, 3.63) is 91.4 Å². The van der Waals surface area contributed by atoms with Gasteiger partial charge in [0.25, 0.3) is 0 Å². The molecule has 4 rings (SSSR count). The highest BCUT2D eigenvalue weighted by molar-refractivity contribution is 14.1. The number of carbonyl (C=O) groups is 1. The van der Waals surface area contributed by atoms with Gasteiger partial charge in [-0.25, -0.2) is 9.82 Å². The summed E-state index contributed by atoms with van der Waals surface area (Å²) in [5, 5.41) is 4.84. The molecule has 0 atom stereocenters. The number of amides is 1. The number of benzene rings is 3. The normalized spacial score (nSPS) is 11.2. The average molecular weight is 623 g/mol. The summed E-state index contributed by atoms with van der Waals surface area (Å²) < 4.78 is 31.7. The fraction of sp³-hybridized carbons (Fsp3) is 0.0833. The van der Waals surface area contributed by atoms with Crippen molar-refractivity contribution in [3.8, 4) is 11.5 Å². The molecule has 33 heavy (non-hydrogen) atoms. The van der Waals surface area contributed by atoms with Crippen molar-refractivity contribution in [2.75, 3.05) is 7.11 Å². The van der Waals surface area contributed by atoms with Crippen LogP contribution in [0.3, 0.4) is 0 Å². The lowest BCUT2D eigenvalue weighted by Crippen LogP contribution is -2.16. The largest absolute Gasteiger partial charge is 0.493 e. The van der Waals surface area contributed by atoms with Gasteiger partial charge < -0.3 is 13.9 Å². The average Bonchev–Trinajstić information content (AvgIpc) is 3.22. The van der Waals surface area contributed by atoms with E-state index < -0.39 is 5.91 Å². The van der Waals surface area contributed by atoms with Gasteiger partial charge in [-0.3, -0.25) is 4.79 Å². The van der Waals surface area contributed by atoms with Crippen LogP contribution in [0.5, 0.6) is 11.5 Å². The Morgan fingerprint density at radius 1 is 1.18 bits per heavy atom. The molecule has 0 bridgehead atoms. The Labute approximate surface area is 211 Å². The second kappa shape index (κ2) is 10.3. The molecule has 168 valence electrons. The molecule has 0 aliphatic heterocycles. The van der Waals surface area contributed by atoms with Gasteiger partial charge in [-0.15, -0.1) is 0 Å². The molecule has 0 saturated heterocycles. The van der Waals surface area contributed by atoms with E-state index in [1.807, 2.05) is 18.2 Å². The number of hydrogen-bond acceptors (Lipinski definition) is 5. The van der Waals surface area contributed by atoms with Crippen LogP contribution in [-0.2, 0) is 6.61 Å². The van der Waals surface area contributed by atoms with Crippen LogP contribution in [0.4, 0.5) is 4.39 Å². The molecule has 0 fully saturated rings. The van der Waals surface area contributed by atoms with Crippen molar-refractivity contribution < 1.29 is 23.1 Å². The lowest BCUT2D eigenvalue weighted by atomic mass is 10.2. The maximum absolute atomic E-state index is 13.1. The smallest absolute Gasteiger partial charge is 0.307 e. The molecular formula is C24H17BrFIN2O4. The Morgan fingerprint density at radius 2 is 1.97 bits per heavy atom. The Hall–Kier alpha value is -2.92. The van der Waals surface area contributed by atoms with E-state index in [1.54, 1.807) is 37.4 Å². The van der Waals surface area contributed by atoms with Crippen molar-refractivity contribution >= 4 is 61.6 Å². The highest BCUT2D eigenvalue weighted by Gasteiger charge is 2.13. The molecule has 0 aliphatic carbocycles. The van der Waals surface area contributed by atoms with Crippen LogP contribution >= 0.6 is 38.5 Å². The third-order valence-electron chi connectivity index (χ3n) is 4.63. The second-order valence-electron chi connectivity index (χ2n) is 6.94. The van der Waals surface area contributed by atoms with Gasteiger partial charge in [-0.2, -0.15) is 5.10 Å². The maximum atomic E-state index is 13.1. The maximum Gasteiger partial charge on any atom is 0.307 e. The standard InChI is InChI=1S/C24H17BrFIN2O4/c1-31-21-9-15(8-19(27)23(21)32-13-14-2-5-18(26)6-3-14)12-28-29-24(30)22-11-16-10-17(25)4-7-20(16)33-22/h2-12H,13H2,1H3,(H,29,30)/b28-12+. The first kappa shape index (κ1) is 23.2. The SMILES string of the molecule is COc1cc(/C=N/NC(=O)c2cc3cc(Br)ccc3o2)cc(I)c1OCc1ccc(F)cc1. The van der Waals surface area contributed by atoms with Crippen molar-refractivity contribution in [3.63, 3.8) is 0 Å². The third-order valence-corrected chi connectivity index (χ3v) is 5.92. The first-order chi connectivity index (χ1) is 15.9. The minimum atomic E-state index is -0.459. The predicted molar refractivity (Wildman–Crippen MR) is 135 cm³/mol. The molecule has 0 saturated carbocycles. The van der Waals surface area contributed by atoms with E-state index in [2.05, 4.69) is 49.0 Å². The summed E-state index contributed by atoms with van der Waals surface area (Å²) >= 11 is 5.53. The summed E-state index contributed by atoms with van der Waals surface area (Å²) in [6, 6.07) is 16.8. The molecule has 9 heteroatoms. The van der Waals surface area contributed by atoms with Crippen LogP contribution in [0.2, 0.25) is 0 Å². The number of carbonyl (C=O) groups excluding carboxylic acids is 1. The second-order valence-corrected chi connectivity index (χ2v) is 9.02. The van der Waals surface area contributed by atoms with E-state index in [9.17, 15) is 9.18 Å². The fourth-order valence-electron chi connectivity index (χ4n) is 3.04. The van der Waals surface area contributed by atoms with Gasteiger partial charge >= 0.3 is 5.91 Å². The molecule has 1 aromatic heterocycles. The number of nitrogens with zero attached hydrogens (tertiary/aromatic N) is 1. The van der Waals surface area contributed by atoms with Gasteiger partial charge in [-0.05, 0) is 82.2 Å². The quantitative estimate of drug-likeness (QED) is 0.149. The molecular weight excluding hydrogens is 606 g/mol.